The molecule has 0 atom stereocenters. The number of para-hydroxylation sites is 1. The Kier molecular flexibility index (Phi) is 3.74. The summed E-state index contributed by atoms with van der Waals surface area (Å²) in [6.45, 7) is 0. The molecule has 26 heavy (non-hydrogen) atoms. The quantitative estimate of drug-likeness (QED) is 0.420. The van der Waals surface area contributed by atoms with Gasteiger partial charge in [-0.1, -0.05) is 30.3 Å². The molecular formula is C19H12N4O3. The van der Waals surface area contributed by atoms with Gasteiger partial charge in [0.1, 0.15) is 11.2 Å². The lowest BCUT2D eigenvalue weighted by atomic mass is 10.1. The maximum atomic E-state index is 12.8. The fraction of sp³-hybridized carbons (Fsp3) is 0. The Morgan fingerprint density at radius 1 is 0.962 bits per heavy atom. The number of hydrogen-bond acceptors (Lipinski definition) is 5. The minimum absolute atomic E-state index is 0.0428. The molecule has 0 aliphatic carbocycles. The van der Waals surface area contributed by atoms with Gasteiger partial charge < -0.3 is 0 Å². The predicted octanol–water partition coefficient (Wildman–Crippen LogP) is 3.36. The van der Waals surface area contributed by atoms with E-state index in [4.69, 9.17) is 0 Å². The Balaban J connectivity index is 2.06. The first-order valence-electron chi connectivity index (χ1n) is 7.83. The molecule has 0 saturated carbocycles. The van der Waals surface area contributed by atoms with Crippen LogP contribution in [0.25, 0.3) is 27.8 Å². The van der Waals surface area contributed by atoms with Gasteiger partial charge in [-0.15, -0.1) is 0 Å². The molecule has 0 aliphatic heterocycles. The average Bonchev–Trinajstić information content (AvgIpc) is 2.69. The van der Waals surface area contributed by atoms with Gasteiger partial charge in [-0.3, -0.25) is 19.9 Å². The van der Waals surface area contributed by atoms with E-state index >= 15 is 0 Å². The normalized spacial score (nSPS) is 10.8. The molecule has 0 fully saturated rings. The second-order valence-electron chi connectivity index (χ2n) is 5.61. The SMILES string of the molecule is O=c1c2ncccc2c(-c2cccc([N+](=O)[O-])c2)nn1-c1ccccc1. The molecule has 0 N–H and O–H groups in total. The molecule has 0 bridgehead atoms. The molecule has 2 heterocycles. The second kappa shape index (κ2) is 6.21. The number of fused-ring (bicyclic) bond motifs is 1. The van der Waals surface area contributed by atoms with Crippen molar-refractivity contribution in [3.05, 3.63) is 93.4 Å². The van der Waals surface area contributed by atoms with Crippen LogP contribution in [0.3, 0.4) is 0 Å². The maximum Gasteiger partial charge on any atom is 0.297 e. The molecule has 2 aromatic heterocycles. The van der Waals surface area contributed by atoms with E-state index in [1.807, 2.05) is 6.07 Å². The van der Waals surface area contributed by atoms with E-state index in [1.54, 1.807) is 48.5 Å². The van der Waals surface area contributed by atoms with Crippen molar-refractivity contribution >= 4 is 16.6 Å². The Labute approximate surface area is 147 Å². The highest BCUT2D eigenvalue weighted by molar-refractivity contribution is 5.91. The van der Waals surface area contributed by atoms with Gasteiger partial charge in [0, 0.05) is 29.3 Å². The van der Waals surface area contributed by atoms with Crippen molar-refractivity contribution in [1.82, 2.24) is 14.8 Å². The van der Waals surface area contributed by atoms with E-state index in [2.05, 4.69) is 10.1 Å². The van der Waals surface area contributed by atoms with Crippen LogP contribution >= 0.6 is 0 Å². The van der Waals surface area contributed by atoms with Crippen LogP contribution in [0.2, 0.25) is 0 Å². The molecule has 0 amide bonds. The number of nitro groups is 1. The second-order valence-corrected chi connectivity index (χ2v) is 5.61. The lowest BCUT2D eigenvalue weighted by Crippen LogP contribution is -2.22. The molecule has 4 rings (SSSR count). The summed E-state index contributed by atoms with van der Waals surface area (Å²) < 4.78 is 1.27. The highest BCUT2D eigenvalue weighted by atomic mass is 16.6. The maximum absolute atomic E-state index is 12.8. The third-order valence-electron chi connectivity index (χ3n) is 3.99. The Morgan fingerprint density at radius 3 is 2.54 bits per heavy atom. The topological polar surface area (TPSA) is 90.9 Å². The Hall–Kier alpha value is -3.87. The number of pyridine rings is 1. The molecule has 0 unspecified atom stereocenters. The largest absolute Gasteiger partial charge is 0.297 e. The number of aromatic nitrogens is 3. The fourth-order valence-electron chi connectivity index (χ4n) is 2.79. The van der Waals surface area contributed by atoms with Crippen molar-refractivity contribution in [3.63, 3.8) is 0 Å². The average molecular weight is 344 g/mol. The number of hydrogen-bond donors (Lipinski definition) is 0. The van der Waals surface area contributed by atoms with Crippen LogP contribution in [-0.4, -0.2) is 19.7 Å². The lowest BCUT2D eigenvalue weighted by Gasteiger charge is -2.10. The van der Waals surface area contributed by atoms with Crippen LogP contribution in [0.1, 0.15) is 0 Å². The van der Waals surface area contributed by atoms with E-state index in [0.717, 1.165) is 0 Å². The van der Waals surface area contributed by atoms with Crippen molar-refractivity contribution in [3.8, 4) is 16.9 Å². The monoisotopic (exact) mass is 344 g/mol. The highest BCUT2D eigenvalue weighted by Gasteiger charge is 2.16. The van der Waals surface area contributed by atoms with Gasteiger partial charge in [-0.2, -0.15) is 9.78 Å². The molecule has 0 spiro atoms. The standard InChI is InChI=1S/C19H12N4O3/c24-19-18-16(10-5-11-20-18)17(13-6-4-9-15(12-13)23(25)26)21-22(19)14-7-2-1-3-8-14/h1-12H. The van der Waals surface area contributed by atoms with Crippen LogP contribution in [0, 0.1) is 10.1 Å². The minimum atomic E-state index is -0.461. The first-order chi connectivity index (χ1) is 12.6. The van der Waals surface area contributed by atoms with Gasteiger partial charge >= 0.3 is 0 Å². The Bertz CT molecular complexity index is 1190. The molecule has 126 valence electrons. The van der Waals surface area contributed by atoms with Gasteiger partial charge in [-0.05, 0) is 24.3 Å². The number of benzene rings is 2. The summed E-state index contributed by atoms with van der Waals surface area (Å²) in [6.07, 6.45) is 1.54. The van der Waals surface area contributed by atoms with E-state index < -0.39 is 4.92 Å². The predicted molar refractivity (Wildman–Crippen MR) is 97.2 cm³/mol. The molecule has 4 aromatic rings. The fourth-order valence-corrected chi connectivity index (χ4v) is 2.79. The lowest BCUT2D eigenvalue weighted by molar-refractivity contribution is -0.384. The summed E-state index contributed by atoms with van der Waals surface area (Å²) in [5.41, 5.74) is 1.46. The minimum Gasteiger partial charge on any atom is -0.265 e. The molecule has 0 aliphatic rings. The van der Waals surface area contributed by atoms with Crippen LogP contribution in [0.15, 0.2) is 77.7 Å². The van der Waals surface area contributed by atoms with E-state index in [9.17, 15) is 14.9 Å². The van der Waals surface area contributed by atoms with Crippen molar-refractivity contribution in [2.75, 3.05) is 0 Å². The Morgan fingerprint density at radius 2 is 1.77 bits per heavy atom. The summed E-state index contributed by atoms with van der Waals surface area (Å²) in [5, 5.41) is 16.1. The summed E-state index contributed by atoms with van der Waals surface area (Å²) in [6, 6.07) is 18.6. The number of non-ortho nitro benzene ring substituents is 1. The smallest absolute Gasteiger partial charge is 0.265 e. The van der Waals surface area contributed by atoms with Crippen molar-refractivity contribution in [1.29, 1.82) is 0 Å². The highest BCUT2D eigenvalue weighted by Crippen LogP contribution is 2.27. The van der Waals surface area contributed by atoms with Gasteiger partial charge in [0.2, 0.25) is 0 Å². The van der Waals surface area contributed by atoms with Crippen LogP contribution in [-0.2, 0) is 0 Å². The van der Waals surface area contributed by atoms with Gasteiger partial charge in [0.05, 0.1) is 10.6 Å². The van der Waals surface area contributed by atoms with Crippen LogP contribution in [0.4, 0.5) is 5.69 Å². The number of nitro benzene ring substituents is 1. The molecule has 2 aromatic carbocycles. The molecule has 7 heteroatoms. The third kappa shape index (κ3) is 2.61. The van der Waals surface area contributed by atoms with E-state index in [0.29, 0.717) is 22.3 Å². The summed E-state index contributed by atoms with van der Waals surface area (Å²) in [7, 11) is 0. The van der Waals surface area contributed by atoms with Gasteiger partial charge in [-0.25, -0.2) is 0 Å². The zero-order valence-electron chi connectivity index (χ0n) is 13.4. The van der Waals surface area contributed by atoms with E-state index in [1.165, 1.54) is 23.0 Å². The van der Waals surface area contributed by atoms with Gasteiger partial charge in [0.15, 0.2) is 0 Å². The molecular weight excluding hydrogens is 332 g/mol. The van der Waals surface area contributed by atoms with Crippen LogP contribution in [0.5, 0.6) is 0 Å². The number of rotatable bonds is 3. The molecule has 0 saturated heterocycles. The van der Waals surface area contributed by atoms with E-state index in [-0.39, 0.29) is 16.8 Å². The van der Waals surface area contributed by atoms with Crippen molar-refractivity contribution in [2.24, 2.45) is 0 Å². The van der Waals surface area contributed by atoms with Crippen LogP contribution < -0.4 is 5.56 Å². The summed E-state index contributed by atoms with van der Waals surface area (Å²) in [4.78, 5) is 27.7. The number of nitrogens with zero attached hydrogens (tertiary/aromatic N) is 4. The zero-order valence-corrected chi connectivity index (χ0v) is 13.4. The first-order valence-corrected chi connectivity index (χ1v) is 7.83. The molecule has 7 nitrogen and oxygen atoms in total. The van der Waals surface area contributed by atoms with Gasteiger partial charge in [0.25, 0.3) is 11.2 Å². The van der Waals surface area contributed by atoms with Crippen molar-refractivity contribution in [2.45, 2.75) is 0 Å². The molecule has 0 radical (unpaired) electrons. The first kappa shape index (κ1) is 15.6. The third-order valence-corrected chi connectivity index (χ3v) is 3.99. The summed E-state index contributed by atoms with van der Waals surface area (Å²) >= 11 is 0. The zero-order chi connectivity index (χ0) is 18.1. The summed E-state index contributed by atoms with van der Waals surface area (Å²) in [5.74, 6) is 0. The van der Waals surface area contributed by atoms with Crippen molar-refractivity contribution < 1.29 is 4.92 Å².